The molecule has 1 amide bonds. The van der Waals surface area contributed by atoms with Crippen LogP contribution < -0.4 is 5.32 Å². The van der Waals surface area contributed by atoms with Crippen molar-refractivity contribution in [3.8, 4) is 5.69 Å². The zero-order valence-electron chi connectivity index (χ0n) is 15.4. The first-order valence-corrected chi connectivity index (χ1v) is 8.68. The van der Waals surface area contributed by atoms with Crippen molar-refractivity contribution in [2.75, 3.05) is 5.32 Å². The van der Waals surface area contributed by atoms with E-state index in [0.29, 0.717) is 11.5 Å². The summed E-state index contributed by atoms with van der Waals surface area (Å²) in [4.78, 5) is 12.4. The Balaban J connectivity index is 1.73. The van der Waals surface area contributed by atoms with Crippen LogP contribution in [0.15, 0.2) is 54.9 Å². The van der Waals surface area contributed by atoms with E-state index in [1.165, 1.54) is 12.1 Å². The molecule has 0 saturated carbocycles. The molecule has 28 heavy (non-hydrogen) atoms. The van der Waals surface area contributed by atoms with Gasteiger partial charge in [-0.15, -0.1) is 10.2 Å². The van der Waals surface area contributed by atoms with Gasteiger partial charge in [-0.25, -0.2) is 0 Å². The molecule has 0 saturated heterocycles. The average molecular weight is 388 g/mol. The Morgan fingerprint density at radius 2 is 1.93 bits per heavy atom. The third-order valence-corrected chi connectivity index (χ3v) is 4.41. The normalized spacial score (nSPS) is 12.6. The molecule has 0 radical (unpaired) electrons. The lowest BCUT2D eigenvalue weighted by atomic mass is 9.92. The summed E-state index contributed by atoms with van der Waals surface area (Å²) in [6.45, 7) is 3.42. The lowest BCUT2D eigenvalue weighted by molar-refractivity contribution is -0.138. The van der Waals surface area contributed by atoms with Gasteiger partial charge in [-0.2, -0.15) is 13.2 Å². The first kappa shape index (κ1) is 19.6. The van der Waals surface area contributed by atoms with Crippen LogP contribution in [0.25, 0.3) is 5.69 Å². The maximum Gasteiger partial charge on any atom is 0.416 e. The van der Waals surface area contributed by atoms with Gasteiger partial charge >= 0.3 is 6.18 Å². The Bertz CT molecular complexity index is 981. The predicted molar refractivity (Wildman–Crippen MR) is 99.2 cm³/mol. The number of hydrogen-bond donors (Lipinski definition) is 1. The largest absolute Gasteiger partial charge is 0.416 e. The Morgan fingerprint density at radius 3 is 2.61 bits per heavy atom. The van der Waals surface area contributed by atoms with Crippen LogP contribution in [-0.4, -0.2) is 20.7 Å². The molecular weight excluding hydrogens is 369 g/mol. The second kappa shape index (κ2) is 7.84. The molecule has 0 aliphatic rings. The Labute approximate surface area is 160 Å². The van der Waals surface area contributed by atoms with Gasteiger partial charge in [0.2, 0.25) is 5.91 Å². The van der Waals surface area contributed by atoms with Gasteiger partial charge in [-0.1, -0.05) is 31.2 Å². The van der Waals surface area contributed by atoms with E-state index in [2.05, 4.69) is 15.5 Å². The molecule has 0 bridgehead atoms. The van der Waals surface area contributed by atoms with E-state index in [-0.39, 0.29) is 17.9 Å². The second-order valence-electron chi connectivity index (χ2n) is 6.54. The van der Waals surface area contributed by atoms with E-state index in [1.807, 2.05) is 6.07 Å². The Kier molecular flexibility index (Phi) is 5.48. The minimum absolute atomic E-state index is 0.0665. The number of aromatic nitrogens is 3. The molecular formula is C20H19F3N4O. The maximum absolute atomic E-state index is 13.2. The van der Waals surface area contributed by atoms with Crippen LogP contribution in [0.3, 0.4) is 0 Å². The number of carbonyl (C=O) groups excluding carboxylic acids is 1. The molecule has 0 aliphatic heterocycles. The number of nitrogens with zero attached hydrogens (tertiary/aromatic N) is 3. The first-order chi connectivity index (χ1) is 13.3. The second-order valence-corrected chi connectivity index (χ2v) is 6.54. The molecule has 0 aliphatic carbocycles. The van der Waals surface area contributed by atoms with Crippen LogP contribution in [0.5, 0.6) is 0 Å². The molecule has 5 nitrogen and oxygen atoms in total. The van der Waals surface area contributed by atoms with Gasteiger partial charge in [-0.05, 0) is 42.7 Å². The van der Waals surface area contributed by atoms with Gasteiger partial charge < -0.3 is 5.32 Å². The summed E-state index contributed by atoms with van der Waals surface area (Å²) < 4.78 is 41.3. The van der Waals surface area contributed by atoms with E-state index in [1.54, 1.807) is 49.0 Å². The lowest BCUT2D eigenvalue weighted by Gasteiger charge is -2.18. The van der Waals surface area contributed by atoms with Crippen LogP contribution in [0.2, 0.25) is 0 Å². The topological polar surface area (TPSA) is 59.8 Å². The van der Waals surface area contributed by atoms with Crippen LogP contribution in [-0.2, 0) is 11.0 Å². The molecule has 146 valence electrons. The van der Waals surface area contributed by atoms with Crippen molar-refractivity contribution in [1.82, 2.24) is 14.8 Å². The minimum atomic E-state index is -4.45. The van der Waals surface area contributed by atoms with E-state index < -0.39 is 17.7 Å². The predicted octanol–water partition coefficient (Wildman–Crippen LogP) is 4.73. The Morgan fingerprint density at radius 1 is 1.18 bits per heavy atom. The number of carbonyl (C=O) groups is 1. The summed E-state index contributed by atoms with van der Waals surface area (Å²) in [5.41, 5.74) is 0.724. The van der Waals surface area contributed by atoms with Crippen molar-refractivity contribution < 1.29 is 18.0 Å². The Hall–Kier alpha value is -3.16. The minimum Gasteiger partial charge on any atom is -0.326 e. The van der Waals surface area contributed by atoms with Crippen molar-refractivity contribution in [3.63, 3.8) is 0 Å². The molecule has 8 heteroatoms. The molecule has 1 heterocycles. The highest BCUT2D eigenvalue weighted by molar-refractivity contribution is 5.91. The molecule has 2 aromatic carbocycles. The number of alkyl halides is 3. The van der Waals surface area contributed by atoms with Crippen LogP contribution in [0.1, 0.15) is 36.2 Å². The van der Waals surface area contributed by atoms with Crippen LogP contribution in [0, 0.1) is 6.92 Å². The monoisotopic (exact) mass is 388 g/mol. The molecule has 3 rings (SSSR count). The highest BCUT2D eigenvalue weighted by Crippen LogP contribution is 2.36. The molecule has 0 fully saturated rings. The molecule has 0 unspecified atom stereocenters. The fraction of sp³-hybridized carbons (Fsp3) is 0.250. The summed E-state index contributed by atoms with van der Waals surface area (Å²) in [6.07, 6.45) is -2.96. The summed E-state index contributed by atoms with van der Waals surface area (Å²) in [7, 11) is 0. The van der Waals surface area contributed by atoms with Crippen molar-refractivity contribution >= 4 is 11.6 Å². The summed E-state index contributed by atoms with van der Waals surface area (Å²) in [6, 6.07) is 12.4. The number of benzene rings is 2. The lowest BCUT2D eigenvalue weighted by Crippen LogP contribution is -2.17. The van der Waals surface area contributed by atoms with Gasteiger partial charge in [0.05, 0.1) is 11.3 Å². The fourth-order valence-electron chi connectivity index (χ4n) is 3.06. The summed E-state index contributed by atoms with van der Waals surface area (Å²) in [5.74, 6) is -0.246. The highest BCUT2D eigenvalue weighted by atomic mass is 19.4. The van der Waals surface area contributed by atoms with E-state index in [0.717, 1.165) is 11.8 Å². The summed E-state index contributed by atoms with van der Waals surface area (Å²) >= 11 is 0. The van der Waals surface area contributed by atoms with Gasteiger partial charge in [0.15, 0.2) is 0 Å². The van der Waals surface area contributed by atoms with Crippen LogP contribution in [0.4, 0.5) is 18.9 Å². The van der Waals surface area contributed by atoms with Crippen molar-refractivity contribution in [3.05, 3.63) is 71.8 Å². The number of amides is 1. The number of halogens is 3. The zero-order valence-corrected chi connectivity index (χ0v) is 15.4. The third-order valence-electron chi connectivity index (χ3n) is 4.41. The number of anilines is 1. The quantitative estimate of drug-likeness (QED) is 0.688. The van der Waals surface area contributed by atoms with Gasteiger partial charge in [-0.3, -0.25) is 9.36 Å². The van der Waals surface area contributed by atoms with Gasteiger partial charge in [0, 0.05) is 12.1 Å². The summed E-state index contributed by atoms with van der Waals surface area (Å²) in [5, 5.41) is 10.5. The van der Waals surface area contributed by atoms with E-state index >= 15 is 0 Å². The van der Waals surface area contributed by atoms with Crippen molar-refractivity contribution in [1.29, 1.82) is 0 Å². The number of aryl methyl sites for hydroxylation is 1. The number of rotatable bonds is 5. The first-order valence-electron chi connectivity index (χ1n) is 8.68. The molecule has 1 atom stereocenters. The SMILES string of the molecule is Cc1nncn1-c1cccc(NC(=O)C[C@@H](C)c2ccccc2C(F)(F)F)c1. The van der Waals surface area contributed by atoms with E-state index in [4.69, 9.17) is 0 Å². The van der Waals surface area contributed by atoms with Crippen molar-refractivity contribution in [2.24, 2.45) is 0 Å². The van der Waals surface area contributed by atoms with E-state index in [9.17, 15) is 18.0 Å². The zero-order chi connectivity index (χ0) is 20.3. The molecule has 1 N–H and O–H groups in total. The van der Waals surface area contributed by atoms with Gasteiger partial charge in [0.1, 0.15) is 12.2 Å². The van der Waals surface area contributed by atoms with Gasteiger partial charge in [0.25, 0.3) is 0 Å². The number of hydrogen-bond acceptors (Lipinski definition) is 3. The molecule has 1 aromatic heterocycles. The average Bonchev–Trinajstić information content (AvgIpc) is 3.07. The highest BCUT2D eigenvalue weighted by Gasteiger charge is 2.34. The van der Waals surface area contributed by atoms with Crippen molar-refractivity contribution in [2.45, 2.75) is 32.4 Å². The maximum atomic E-state index is 13.2. The number of nitrogens with one attached hydrogen (secondary N) is 1. The third kappa shape index (κ3) is 4.39. The molecule has 3 aromatic rings. The fourth-order valence-corrected chi connectivity index (χ4v) is 3.06. The smallest absolute Gasteiger partial charge is 0.326 e. The molecule has 0 spiro atoms. The van der Waals surface area contributed by atoms with Crippen LogP contribution >= 0.6 is 0 Å². The standard InChI is InChI=1S/C20H19F3N4O/c1-13(17-8-3-4-9-18(17)20(21,22)23)10-19(28)25-15-6-5-7-16(11-15)27-12-24-26-14(27)2/h3-9,11-13H,10H2,1-2H3,(H,25,28)/t13-/m1/s1.